The molecule has 6 nitrogen and oxygen atoms in total. The maximum atomic E-state index is 12.6. The summed E-state index contributed by atoms with van der Waals surface area (Å²) in [6.45, 7) is 0. The zero-order chi connectivity index (χ0) is 22.5. The maximum Gasteiger partial charge on any atom is 0.272 e. The van der Waals surface area contributed by atoms with E-state index in [0.717, 1.165) is 22.8 Å². The number of hydrogen-bond donors (Lipinski definition) is 2. The number of H-pyrrole nitrogens is 1. The molecule has 0 aliphatic heterocycles. The van der Waals surface area contributed by atoms with Crippen molar-refractivity contribution >= 4 is 40.3 Å². The Morgan fingerprint density at radius 1 is 1.03 bits per heavy atom. The number of nitrogens with zero attached hydrogens (tertiary/aromatic N) is 1. The monoisotopic (exact) mass is 445 g/mol. The molecule has 0 saturated carbocycles. The number of nitrogens with one attached hydrogen (secondary N) is 2. The summed E-state index contributed by atoms with van der Waals surface area (Å²) in [7, 11) is 0. The fourth-order valence-electron chi connectivity index (χ4n) is 3.62. The SMILES string of the molecule is O=CC(CC(=O)Nc1cc(Cc2n[nH]c(=O)c3ccccc23)ccc1Cl)c1ccccc1. The molecule has 1 amide bonds. The van der Waals surface area contributed by atoms with Crippen LogP contribution in [0.2, 0.25) is 5.02 Å². The van der Waals surface area contributed by atoms with E-state index in [-0.39, 0.29) is 17.9 Å². The van der Waals surface area contributed by atoms with Crippen molar-refractivity contribution < 1.29 is 9.59 Å². The highest BCUT2D eigenvalue weighted by atomic mass is 35.5. The molecule has 1 aromatic heterocycles. The zero-order valence-electron chi connectivity index (χ0n) is 17.0. The molecular weight excluding hydrogens is 426 g/mol. The smallest absolute Gasteiger partial charge is 0.272 e. The van der Waals surface area contributed by atoms with Gasteiger partial charge >= 0.3 is 0 Å². The van der Waals surface area contributed by atoms with E-state index in [1.165, 1.54) is 0 Å². The summed E-state index contributed by atoms with van der Waals surface area (Å²) in [4.78, 5) is 36.1. The Kier molecular flexibility index (Phi) is 6.42. The molecule has 0 saturated heterocycles. The largest absolute Gasteiger partial charge is 0.325 e. The number of aromatic nitrogens is 2. The first-order chi connectivity index (χ1) is 15.5. The van der Waals surface area contributed by atoms with E-state index in [2.05, 4.69) is 15.5 Å². The molecule has 160 valence electrons. The lowest BCUT2D eigenvalue weighted by molar-refractivity contribution is -0.119. The van der Waals surface area contributed by atoms with Gasteiger partial charge < -0.3 is 10.1 Å². The number of rotatable bonds is 7. The van der Waals surface area contributed by atoms with Crippen LogP contribution in [0.3, 0.4) is 0 Å². The van der Waals surface area contributed by atoms with E-state index >= 15 is 0 Å². The molecule has 0 aliphatic rings. The number of fused-ring (bicyclic) bond motifs is 1. The van der Waals surface area contributed by atoms with Gasteiger partial charge in [0, 0.05) is 24.1 Å². The van der Waals surface area contributed by atoms with Crippen molar-refractivity contribution in [2.45, 2.75) is 18.8 Å². The minimum absolute atomic E-state index is 0.0141. The topological polar surface area (TPSA) is 91.9 Å². The molecular formula is C25H20ClN3O3. The van der Waals surface area contributed by atoms with E-state index in [1.54, 1.807) is 24.3 Å². The van der Waals surface area contributed by atoms with E-state index in [0.29, 0.717) is 28.2 Å². The first kappa shape index (κ1) is 21.5. The lowest BCUT2D eigenvalue weighted by Gasteiger charge is -2.13. The molecule has 0 radical (unpaired) electrons. The van der Waals surface area contributed by atoms with Crippen LogP contribution in [-0.2, 0) is 16.0 Å². The van der Waals surface area contributed by atoms with Crippen molar-refractivity contribution in [3.8, 4) is 0 Å². The normalized spacial score (nSPS) is 11.8. The van der Waals surface area contributed by atoms with Gasteiger partial charge in [-0.3, -0.25) is 9.59 Å². The molecule has 1 unspecified atom stereocenters. The average molecular weight is 446 g/mol. The number of hydrogen-bond acceptors (Lipinski definition) is 4. The second-order valence-corrected chi connectivity index (χ2v) is 7.85. The minimum atomic E-state index is -0.533. The molecule has 1 heterocycles. The number of aldehydes is 1. The fourth-order valence-corrected chi connectivity index (χ4v) is 3.79. The summed E-state index contributed by atoms with van der Waals surface area (Å²) < 4.78 is 0. The number of halogens is 1. The molecule has 2 N–H and O–H groups in total. The Morgan fingerprint density at radius 3 is 2.50 bits per heavy atom. The predicted octanol–water partition coefficient (Wildman–Crippen LogP) is 4.48. The highest BCUT2D eigenvalue weighted by Crippen LogP contribution is 2.26. The molecule has 7 heteroatoms. The van der Waals surface area contributed by atoms with E-state index < -0.39 is 5.92 Å². The van der Waals surface area contributed by atoms with E-state index in [1.807, 2.05) is 48.5 Å². The van der Waals surface area contributed by atoms with Crippen LogP contribution in [-0.4, -0.2) is 22.4 Å². The summed E-state index contributed by atoms with van der Waals surface area (Å²) in [6, 6.07) is 21.8. The quantitative estimate of drug-likeness (QED) is 0.410. The van der Waals surface area contributed by atoms with Crippen LogP contribution >= 0.6 is 11.6 Å². The summed E-state index contributed by atoms with van der Waals surface area (Å²) in [5, 5.41) is 11.3. The van der Waals surface area contributed by atoms with Crippen molar-refractivity contribution in [3.05, 3.63) is 105 Å². The molecule has 0 spiro atoms. The number of anilines is 1. The number of aromatic amines is 1. The third kappa shape index (κ3) is 4.76. The maximum absolute atomic E-state index is 12.6. The van der Waals surface area contributed by atoms with Crippen LogP contribution in [0.25, 0.3) is 10.8 Å². The van der Waals surface area contributed by atoms with Gasteiger partial charge in [0.05, 0.1) is 21.8 Å². The second-order valence-electron chi connectivity index (χ2n) is 7.44. The zero-order valence-corrected chi connectivity index (χ0v) is 17.8. The summed E-state index contributed by atoms with van der Waals surface area (Å²) in [5.74, 6) is -0.840. The van der Waals surface area contributed by atoms with Crippen LogP contribution in [0.15, 0.2) is 77.6 Å². The van der Waals surface area contributed by atoms with Gasteiger partial charge in [-0.1, -0.05) is 66.2 Å². The van der Waals surface area contributed by atoms with Crippen LogP contribution in [0.1, 0.15) is 29.2 Å². The molecule has 4 aromatic rings. The third-order valence-electron chi connectivity index (χ3n) is 5.25. The van der Waals surface area contributed by atoms with Gasteiger partial charge in [-0.05, 0) is 29.3 Å². The molecule has 32 heavy (non-hydrogen) atoms. The Labute approximate surface area is 189 Å². The van der Waals surface area contributed by atoms with Gasteiger partial charge in [0.25, 0.3) is 5.56 Å². The molecule has 4 rings (SSSR count). The first-order valence-electron chi connectivity index (χ1n) is 10.1. The van der Waals surface area contributed by atoms with Crippen molar-refractivity contribution in [1.29, 1.82) is 0 Å². The average Bonchev–Trinajstić information content (AvgIpc) is 2.82. The fraction of sp³-hybridized carbons (Fsp3) is 0.120. The molecule has 3 aromatic carbocycles. The highest BCUT2D eigenvalue weighted by Gasteiger charge is 2.16. The summed E-state index contributed by atoms with van der Waals surface area (Å²) in [5.41, 5.74) is 2.58. The van der Waals surface area contributed by atoms with Crippen LogP contribution in [0.4, 0.5) is 5.69 Å². The van der Waals surface area contributed by atoms with Crippen LogP contribution in [0, 0.1) is 0 Å². The standard InChI is InChI=1S/C25H20ClN3O3/c26-21-11-10-16(12-22-19-8-4-5-9-20(19)25(32)29-28-22)13-23(21)27-24(31)14-18(15-30)17-6-2-1-3-7-17/h1-11,13,15,18H,12,14H2,(H,27,31)(H,29,32). The van der Waals surface area contributed by atoms with Crippen LogP contribution in [0.5, 0.6) is 0 Å². The Bertz CT molecular complexity index is 1340. The molecule has 0 bridgehead atoms. The van der Waals surface area contributed by atoms with Gasteiger partial charge in [0.2, 0.25) is 5.91 Å². The van der Waals surface area contributed by atoms with Gasteiger partial charge in [-0.15, -0.1) is 0 Å². The number of benzene rings is 3. The molecule has 0 aliphatic carbocycles. The van der Waals surface area contributed by atoms with Gasteiger partial charge in [0.1, 0.15) is 6.29 Å². The third-order valence-corrected chi connectivity index (χ3v) is 5.58. The minimum Gasteiger partial charge on any atom is -0.325 e. The first-order valence-corrected chi connectivity index (χ1v) is 10.5. The number of carbonyl (C=O) groups is 2. The Morgan fingerprint density at radius 2 is 1.75 bits per heavy atom. The number of amides is 1. The Balaban J connectivity index is 1.53. The lowest BCUT2D eigenvalue weighted by Crippen LogP contribution is -2.17. The van der Waals surface area contributed by atoms with Crippen molar-refractivity contribution in [2.24, 2.45) is 0 Å². The lowest BCUT2D eigenvalue weighted by atomic mass is 9.97. The van der Waals surface area contributed by atoms with Crippen molar-refractivity contribution in [1.82, 2.24) is 10.2 Å². The summed E-state index contributed by atoms with van der Waals surface area (Å²) >= 11 is 6.30. The van der Waals surface area contributed by atoms with Gasteiger partial charge in [-0.25, -0.2) is 5.10 Å². The summed E-state index contributed by atoms with van der Waals surface area (Å²) in [6.07, 6.45) is 1.23. The van der Waals surface area contributed by atoms with E-state index in [4.69, 9.17) is 11.6 Å². The highest BCUT2D eigenvalue weighted by molar-refractivity contribution is 6.33. The number of carbonyl (C=O) groups excluding carboxylic acids is 2. The second kappa shape index (κ2) is 9.58. The Hall–Kier alpha value is -3.77. The molecule has 1 atom stereocenters. The van der Waals surface area contributed by atoms with Crippen molar-refractivity contribution in [2.75, 3.05) is 5.32 Å². The van der Waals surface area contributed by atoms with Crippen LogP contribution < -0.4 is 10.9 Å². The predicted molar refractivity (Wildman–Crippen MR) is 125 cm³/mol. The molecule has 0 fully saturated rings. The van der Waals surface area contributed by atoms with E-state index in [9.17, 15) is 14.4 Å². The van der Waals surface area contributed by atoms with Crippen molar-refractivity contribution in [3.63, 3.8) is 0 Å². The van der Waals surface area contributed by atoms with Gasteiger partial charge in [0.15, 0.2) is 0 Å². The van der Waals surface area contributed by atoms with Gasteiger partial charge in [-0.2, -0.15) is 5.10 Å².